The molecular weight excluding hydrogens is 407 g/mol. The molecule has 0 aliphatic rings. The van der Waals surface area contributed by atoms with Crippen LogP contribution in [0.3, 0.4) is 0 Å². The Labute approximate surface area is 186 Å². The second kappa shape index (κ2) is 10.3. The fourth-order valence-electron chi connectivity index (χ4n) is 3.00. The van der Waals surface area contributed by atoms with Gasteiger partial charge >= 0.3 is 0 Å². The van der Waals surface area contributed by atoms with E-state index in [9.17, 15) is 14.4 Å². The van der Waals surface area contributed by atoms with E-state index < -0.39 is 11.7 Å². The number of nitrogens with one attached hydrogen (secondary N) is 1. The molecule has 6 heteroatoms. The van der Waals surface area contributed by atoms with Gasteiger partial charge in [-0.15, -0.1) is 0 Å². The molecule has 0 aliphatic heterocycles. The van der Waals surface area contributed by atoms with Crippen molar-refractivity contribution in [2.45, 2.75) is 20.5 Å². The lowest BCUT2D eigenvalue weighted by Crippen LogP contribution is -2.14. The van der Waals surface area contributed by atoms with Crippen LogP contribution in [-0.4, -0.2) is 13.0 Å². The Morgan fingerprint density at radius 2 is 1.88 bits per heavy atom. The van der Waals surface area contributed by atoms with Crippen LogP contribution in [0, 0.1) is 31.0 Å². The number of rotatable bonds is 7. The summed E-state index contributed by atoms with van der Waals surface area (Å²) < 4.78 is 25.1. The summed E-state index contributed by atoms with van der Waals surface area (Å²) in [7, 11) is 1.54. The van der Waals surface area contributed by atoms with Crippen LogP contribution in [0.4, 0.5) is 10.1 Å². The summed E-state index contributed by atoms with van der Waals surface area (Å²) in [5, 5.41) is 11.9. The maximum absolute atomic E-state index is 13.9. The SMILES string of the molecule is COc1ccc(/C=C(\C#N)C(=O)Nc2ccccc2F)c(OCc2ccc(C)c(C)c2)c1. The van der Waals surface area contributed by atoms with Crippen molar-refractivity contribution in [2.75, 3.05) is 12.4 Å². The van der Waals surface area contributed by atoms with Gasteiger partial charge in [0.05, 0.1) is 12.8 Å². The van der Waals surface area contributed by atoms with Crippen LogP contribution in [0.15, 0.2) is 66.2 Å². The number of aryl methyl sites for hydroxylation is 2. The molecule has 0 saturated heterocycles. The third-order valence-corrected chi connectivity index (χ3v) is 4.97. The second-order valence-electron chi connectivity index (χ2n) is 7.21. The second-order valence-corrected chi connectivity index (χ2v) is 7.21. The zero-order valence-corrected chi connectivity index (χ0v) is 18.1. The van der Waals surface area contributed by atoms with E-state index in [1.54, 1.807) is 31.4 Å². The van der Waals surface area contributed by atoms with Crippen molar-refractivity contribution in [1.82, 2.24) is 0 Å². The van der Waals surface area contributed by atoms with Crippen LogP contribution < -0.4 is 14.8 Å². The highest BCUT2D eigenvalue weighted by atomic mass is 19.1. The summed E-state index contributed by atoms with van der Waals surface area (Å²) >= 11 is 0. The number of amides is 1. The first kappa shape index (κ1) is 22.6. The molecule has 0 spiro atoms. The highest BCUT2D eigenvalue weighted by Crippen LogP contribution is 2.28. The predicted octanol–water partition coefficient (Wildman–Crippen LogP) is 5.58. The van der Waals surface area contributed by atoms with Crippen molar-refractivity contribution in [1.29, 1.82) is 5.26 Å². The maximum atomic E-state index is 13.9. The van der Waals surface area contributed by atoms with Crippen LogP contribution in [0.5, 0.6) is 11.5 Å². The number of hydrogen-bond acceptors (Lipinski definition) is 4. The van der Waals surface area contributed by atoms with E-state index in [1.165, 1.54) is 29.8 Å². The lowest BCUT2D eigenvalue weighted by atomic mass is 10.1. The van der Waals surface area contributed by atoms with Gasteiger partial charge in [0.2, 0.25) is 0 Å². The van der Waals surface area contributed by atoms with Gasteiger partial charge in [-0.3, -0.25) is 4.79 Å². The zero-order valence-electron chi connectivity index (χ0n) is 18.1. The Hall–Kier alpha value is -4.11. The molecule has 0 bridgehead atoms. The smallest absolute Gasteiger partial charge is 0.266 e. The van der Waals surface area contributed by atoms with Gasteiger partial charge in [-0.25, -0.2) is 4.39 Å². The molecule has 0 saturated carbocycles. The van der Waals surface area contributed by atoms with E-state index in [2.05, 4.69) is 5.32 Å². The largest absolute Gasteiger partial charge is 0.497 e. The van der Waals surface area contributed by atoms with E-state index in [1.807, 2.05) is 38.1 Å². The van der Waals surface area contributed by atoms with Crippen LogP contribution in [0.1, 0.15) is 22.3 Å². The number of methoxy groups -OCH3 is 1. The van der Waals surface area contributed by atoms with Crippen LogP contribution in [0.2, 0.25) is 0 Å². The molecule has 32 heavy (non-hydrogen) atoms. The molecular formula is C26H23FN2O3. The van der Waals surface area contributed by atoms with Gasteiger partial charge in [0, 0.05) is 11.6 Å². The van der Waals surface area contributed by atoms with Crippen molar-refractivity contribution in [2.24, 2.45) is 0 Å². The summed E-state index contributed by atoms with van der Waals surface area (Å²) in [5.74, 6) is -0.269. The molecule has 0 radical (unpaired) electrons. The molecule has 3 aromatic carbocycles. The van der Waals surface area contributed by atoms with Gasteiger partial charge in [0.15, 0.2) is 0 Å². The number of nitriles is 1. The number of anilines is 1. The first-order chi connectivity index (χ1) is 15.4. The van der Waals surface area contributed by atoms with Gasteiger partial charge in [0.25, 0.3) is 5.91 Å². The first-order valence-corrected chi connectivity index (χ1v) is 9.96. The minimum atomic E-state index is -0.714. The average molecular weight is 430 g/mol. The van der Waals surface area contributed by atoms with Crippen molar-refractivity contribution in [3.8, 4) is 17.6 Å². The van der Waals surface area contributed by atoms with E-state index >= 15 is 0 Å². The summed E-state index contributed by atoms with van der Waals surface area (Å²) in [6.45, 7) is 4.38. The summed E-state index contributed by atoms with van der Waals surface area (Å²) in [6, 6.07) is 18.8. The quantitative estimate of drug-likeness (QED) is 0.393. The van der Waals surface area contributed by atoms with Crippen molar-refractivity contribution < 1.29 is 18.7 Å². The molecule has 3 rings (SSSR count). The standard InChI is InChI=1S/C26H23FN2O3/c1-17-8-9-19(12-18(17)2)16-32-25-14-22(31-3)11-10-20(25)13-21(15-28)26(30)29-24-7-5-4-6-23(24)27/h4-14H,16H2,1-3H3,(H,29,30)/b21-13+. The third kappa shape index (κ3) is 5.52. The number of nitrogens with zero attached hydrogens (tertiary/aromatic N) is 1. The Morgan fingerprint density at radius 1 is 1.09 bits per heavy atom. The van der Waals surface area contributed by atoms with Crippen molar-refractivity contribution in [3.63, 3.8) is 0 Å². The topological polar surface area (TPSA) is 71.3 Å². The van der Waals surface area contributed by atoms with Crippen molar-refractivity contribution >= 4 is 17.7 Å². The van der Waals surface area contributed by atoms with Gasteiger partial charge in [-0.1, -0.05) is 30.3 Å². The Bertz CT molecular complexity index is 1210. The molecule has 0 aromatic heterocycles. The minimum absolute atomic E-state index is 0.000375. The Kier molecular flexibility index (Phi) is 7.25. The molecule has 1 N–H and O–H groups in total. The summed E-state index contributed by atoms with van der Waals surface area (Å²) in [5.41, 5.74) is 3.68. The zero-order chi connectivity index (χ0) is 23.1. The van der Waals surface area contributed by atoms with Gasteiger partial charge in [-0.2, -0.15) is 5.26 Å². The number of hydrogen-bond donors (Lipinski definition) is 1. The molecule has 3 aromatic rings. The van der Waals surface area contributed by atoms with E-state index in [4.69, 9.17) is 9.47 Å². The minimum Gasteiger partial charge on any atom is -0.497 e. The summed E-state index contributed by atoms with van der Waals surface area (Å²) in [4.78, 5) is 12.5. The fraction of sp³-hybridized carbons (Fsp3) is 0.154. The molecule has 0 unspecified atom stereocenters. The lowest BCUT2D eigenvalue weighted by Gasteiger charge is -2.13. The molecule has 0 fully saturated rings. The molecule has 0 atom stereocenters. The average Bonchev–Trinajstić information content (AvgIpc) is 2.80. The van der Waals surface area contributed by atoms with Gasteiger partial charge < -0.3 is 14.8 Å². The molecule has 162 valence electrons. The number of carbonyl (C=O) groups excluding carboxylic acids is 1. The van der Waals surface area contributed by atoms with E-state index in [-0.39, 0.29) is 11.3 Å². The number of ether oxygens (including phenoxy) is 2. The Balaban J connectivity index is 1.87. The van der Waals surface area contributed by atoms with Crippen LogP contribution >= 0.6 is 0 Å². The third-order valence-electron chi connectivity index (χ3n) is 4.97. The Morgan fingerprint density at radius 3 is 2.56 bits per heavy atom. The van der Waals surface area contributed by atoms with Crippen LogP contribution in [0.25, 0.3) is 6.08 Å². The fourth-order valence-corrected chi connectivity index (χ4v) is 3.00. The van der Waals surface area contributed by atoms with Gasteiger partial charge in [0.1, 0.15) is 35.6 Å². The monoisotopic (exact) mass is 430 g/mol. The molecule has 5 nitrogen and oxygen atoms in total. The van der Waals surface area contributed by atoms with Gasteiger partial charge in [-0.05, 0) is 60.9 Å². The highest BCUT2D eigenvalue weighted by Gasteiger charge is 2.14. The maximum Gasteiger partial charge on any atom is 0.266 e. The normalized spacial score (nSPS) is 10.9. The predicted molar refractivity (Wildman–Crippen MR) is 122 cm³/mol. The summed E-state index contributed by atoms with van der Waals surface area (Å²) in [6.07, 6.45) is 1.41. The number of halogens is 1. The van der Waals surface area contributed by atoms with Crippen molar-refractivity contribution in [3.05, 3.63) is 94.3 Å². The lowest BCUT2D eigenvalue weighted by molar-refractivity contribution is -0.112. The highest BCUT2D eigenvalue weighted by molar-refractivity contribution is 6.09. The van der Waals surface area contributed by atoms with Crippen LogP contribution in [-0.2, 0) is 11.4 Å². The first-order valence-electron chi connectivity index (χ1n) is 9.96. The molecule has 1 amide bonds. The number of para-hydroxylation sites is 1. The van der Waals surface area contributed by atoms with E-state index in [0.717, 1.165) is 11.1 Å². The number of benzene rings is 3. The number of carbonyl (C=O) groups is 1. The molecule has 0 aliphatic carbocycles. The molecule has 0 heterocycles. The van der Waals surface area contributed by atoms with E-state index in [0.29, 0.717) is 23.7 Å².